The standard InChI is InChI=1S/C18H24N2S/c1-13-8-9-14(2)16(11-13)21-17-15(7-6-10-19-17)12-20-18(3,4)5/h6-11,20H,12H2,1-5H3. The molecule has 0 fully saturated rings. The van der Waals surface area contributed by atoms with Crippen LogP contribution in [0.5, 0.6) is 0 Å². The molecule has 2 aromatic rings. The third-order valence-corrected chi connectivity index (χ3v) is 4.43. The van der Waals surface area contributed by atoms with Crippen LogP contribution in [0.15, 0.2) is 46.5 Å². The Balaban J connectivity index is 2.22. The van der Waals surface area contributed by atoms with Crippen LogP contribution in [0.4, 0.5) is 0 Å². The minimum atomic E-state index is 0.108. The van der Waals surface area contributed by atoms with Crippen LogP contribution in [0.1, 0.15) is 37.5 Å². The maximum Gasteiger partial charge on any atom is 0.105 e. The van der Waals surface area contributed by atoms with Gasteiger partial charge in [0.1, 0.15) is 5.03 Å². The van der Waals surface area contributed by atoms with E-state index in [0.29, 0.717) is 0 Å². The quantitative estimate of drug-likeness (QED) is 0.883. The number of hydrogen-bond donors (Lipinski definition) is 1. The Morgan fingerprint density at radius 1 is 1.14 bits per heavy atom. The van der Waals surface area contributed by atoms with E-state index in [9.17, 15) is 0 Å². The van der Waals surface area contributed by atoms with Crippen molar-refractivity contribution in [3.05, 3.63) is 53.2 Å². The van der Waals surface area contributed by atoms with Crippen LogP contribution in [0, 0.1) is 13.8 Å². The predicted molar refractivity (Wildman–Crippen MR) is 90.9 cm³/mol. The summed E-state index contributed by atoms with van der Waals surface area (Å²) in [5, 5.41) is 4.62. The number of pyridine rings is 1. The summed E-state index contributed by atoms with van der Waals surface area (Å²) in [4.78, 5) is 5.85. The third kappa shape index (κ3) is 4.87. The van der Waals surface area contributed by atoms with E-state index in [2.05, 4.69) is 69.2 Å². The Kier molecular flexibility index (Phi) is 5.07. The van der Waals surface area contributed by atoms with Gasteiger partial charge >= 0.3 is 0 Å². The summed E-state index contributed by atoms with van der Waals surface area (Å²) in [6.07, 6.45) is 1.87. The molecule has 0 spiro atoms. The lowest BCUT2D eigenvalue weighted by atomic mass is 10.1. The highest BCUT2D eigenvalue weighted by molar-refractivity contribution is 7.99. The van der Waals surface area contributed by atoms with E-state index < -0.39 is 0 Å². The summed E-state index contributed by atoms with van der Waals surface area (Å²) in [6, 6.07) is 10.7. The summed E-state index contributed by atoms with van der Waals surface area (Å²) in [7, 11) is 0. The summed E-state index contributed by atoms with van der Waals surface area (Å²) in [5.41, 5.74) is 3.94. The number of aryl methyl sites for hydroxylation is 2. The first-order chi connectivity index (χ1) is 9.85. The number of nitrogens with zero attached hydrogens (tertiary/aromatic N) is 1. The molecule has 0 saturated carbocycles. The van der Waals surface area contributed by atoms with Crippen molar-refractivity contribution in [2.75, 3.05) is 0 Å². The van der Waals surface area contributed by atoms with Crippen LogP contribution >= 0.6 is 11.8 Å². The molecule has 2 rings (SSSR count). The highest BCUT2D eigenvalue weighted by Gasteiger charge is 2.12. The predicted octanol–water partition coefficient (Wildman–Crippen LogP) is 4.74. The van der Waals surface area contributed by atoms with Gasteiger partial charge in [0.25, 0.3) is 0 Å². The van der Waals surface area contributed by atoms with Gasteiger partial charge in [0, 0.05) is 23.2 Å². The van der Waals surface area contributed by atoms with Crippen molar-refractivity contribution in [1.82, 2.24) is 10.3 Å². The van der Waals surface area contributed by atoms with Gasteiger partial charge in [-0.3, -0.25) is 0 Å². The second-order valence-electron chi connectivity index (χ2n) is 6.44. The van der Waals surface area contributed by atoms with Gasteiger partial charge < -0.3 is 5.32 Å². The first-order valence-electron chi connectivity index (χ1n) is 7.29. The maximum atomic E-state index is 4.57. The van der Waals surface area contributed by atoms with Crippen LogP contribution in [0.25, 0.3) is 0 Å². The average molecular weight is 300 g/mol. The van der Waals surface area contributed by atoms with E-state index in [1.54, 1.807) is 11.8 Å². The SMILES string of the molecule is Cc1ccc(C)c(Sc2ncccc2CNC(C)(C)C)c1. The number of hydrogen-bond acceptors (Lipinski definition) is 3. The Labute approximate surface area is 132 Å². The fourth-order valence-corrected chi connectivity index (χ4v) is 3.00. The van der Waals surface area contributed by atoms with Gasteiger partial charge in [-0.25, -0.2) is 4.98 Å². The van der Waals surface area contributed by atoms with Gasteiger partial charge in [0.2, 0.25) is 0 Å². The van der Waals surface area contributed by atoms with Gasteiger partial charge in [-0.05, 0) is 63.4 Å². The minimum Gasteiger partial charge on any atom is -0.308 e. The highest BCUT2D eigenvalue weighted by Crippen LogP contribution is 2.31. The molecule has 1 heterocycles. The van der Waals surface area contributed by atoms with Crippen molar-refractivity contribution in [2.24, 2.45) is 0 Å². The van der Waals surface area contributed by atoms with Crippen molar-refractivity contribution in [3.8, 4) is 0 Å². The molecule has 0 aliphatic rings. The van der Waals surface area contributed by atoms with E-state index >= 15 is 0 Å². The zero-order valence-electron chi connectivity index (χ0n) is 13.5. The van der Waals surface area contributed by atoms with Crippen LogP contribution in [0.2, 0.25) is 0 Å². The first-order valence-corrected chi connectivity index (χ1v) is 8.11. The van der Waals surface area contributed by atoms with Crippen LogP contribution in [-0.2, 0) is 6.54 Å². The molecule has 0 atom stereocenters. The molecule has 0 bridgehead atoms. The highest BCUT2D eigenvalue weighted by atomic mass is 32.2. The van der Waals surface area contributed by atoms with Crippen molar-refractivity contribution in [2.45, 2.75) is 56.6 Å². The molecule has 0 aliphatic heterocycles. The molecule has 1 N–H and O–H groups in total. The monoisotopic (exact) mass is 300 g/mol. The summed E-state index contributed by atoms with van der Waals surface area (Å²) < 4.78 is 0. The lowest BCUT2D eigenvalue weighted by Crippen LogP contribution is -2.35. The lowest BCUT2D eigenvalue weighted by molar-refractivity contribution is 0.422. The smallest absolute Gasteiger partial charge is 0.105 e. The normalized spacial score (nSPS) is 11.7. The largest absolute Gasteiger partial charge is 0.308 e. The maximum absolute atomic E-state index is 4.57. The molecular weight excluding hydrogens is 276 g/mol. The van der Waals surface area contributed by atoms with Gasteiger partial charge in [-0.2, -0.15) is 0 Å². The molecule has 0 amide bonds. The third-order valence-electron chi connectivity index (χ3n) is 3.21. The summed E-state index contributed by atoms with van der Waals surface area (Å²) >= 11 is 1.75. The van der Waals surface area contributed by atoms with Crippen LogP contribution in [-0.4, -0.2) is 10.5 Å². The number of rotatable bonds is 4. The van der Waals surface area contributed by atoms with E-state index in [-0.39, 0.29) is 5.54 Å². The van der Waals surface area contributed by atoms with Crippen molar-refractivity contribution < 1.29 is 0 Å². The van der Waals surface area contributed by atoms with Crippen LogP contribution < -0.4 is 5.32 Å². The summed E-state index contributed by atoms with van der Waals surface area (Å²) in [6.45, 7) is 11.7. The van der Waals surface area contributed by atoms with E-state index in [1.807, 2.05) is 12.3 Å². The van der Waals surface area contributed by atoms with E-state index in [1.165, 1.54) is 21.6 Å². The Morgan fingerprint density at radius 3 is 2.62 bits per heavy atom. The molecule has 112 valence electrons. The molecule has 3 heteroatoms. The number of benzene rings is 1. The van der Waals surface area contributed by atoms with Gasteiger partial charge in [0.05, 0.1) is 0 Å². The van der Waals surface area contributed by atoms with E-state index in [0.717, 1.165) is 11.6 Å². The van der Waals surface area contributed by atoms with Crippen molar-refractivity contribution >= 4 is 11.8 Å². The molecule has 1 aromatic carbocycles. The Hall–Kier alpha value is -1.32. The molecule has 0 saturated heterocycles. The van der Waals surface area contributed by atoms with Crippen molar-refractivity contribution in [3.63, 3.8) is 0 Å². The topological polar surface area (TPSA) is 24.9 Å². The minimum absolute atomic E-state index is 0.108. The fourth-order valence-electron chi connectivity index (χ4n) is 1.93. The van der Waals surface area contributed by atoms with Gasteiger partial charge in [-0.1, -0.05) is 30.0 Å². The lowest BCUT2D eigenvalue weighted by Gasteiger charge is -2.21. The van der Waals surface area contributed by atoms with Gasteiger partial charge in [-0.15, -0.1) is 0 Å². The molecule has 0 aliphatic carbocycles. The second kappa shape index (κ2) is 6.63. The average Bonchev–Trinajstić information content (AvgIpc) is 2.41. The molecule has 1 aromatic heterocycles. The fraction of sp³-hybridized carbons (Fsp3) is 0.389. The van der Waals surface area contributed by atoms with Crippen LogP contribution in [0.3, 0.4) is 0 Å². The summed E-state index contributed by atoms with van der Waals surface area (Å²) in [5.74, 6) is 0. The molecule has 2 nitrogen and oxygen atoms in total. The number of aromatic nitrogens is 1. The second-order valence-corrected chi connectivity index (χ2v) is 7.47. The van der Waals surface area contributed by atoms with E-state index in [4.69, 9.17) is 0 Å². The molecule has 0 unspecified atom stereocenters. The zero-order chi connectivity index (χ0) is 15.5. The zero-order valence-corrected chi connectivity index (χ0v) is 14.3. The Bertz CT molecular complexity index is 615. The molecule has 21 heavy (non-hydrogen) atoms. The van der Waals surface area contributed by atoms with Crippen molar-refractivity contribution in [1.29, 1.82) is 0 Å². The molecular formula is C18H24N2S. The first kappa shape index (κ1) is 16.1. The van der Waals surface area contributed by atoms with Gasteiger partial charge in [0.15, 0.2) is 0 Å². The molecule has 0 radical (unpaired) electrons. The number of nitrogens with one attached hydrogen (secondary N) is 1. The Morgan fingerprint density at radius 2 is 1.90 bits per heavy atom.